The van der Waals surface area contributed by atoms with Gasteiger partial charge >= 0.3 is 0 Å². The lowest BCUT2D eigenvalue weighted by Crippen LogP contribution is -2.49. The van der Waals surface area contributed by atoms with Crippen LogP contribution in [0.15, 0.2) is 30.3 Å². The number of piperidine rings is 2. The maximum Gasteiger partial charge on any atom is 0.225 e. The molecule has 4 heteroatoms. The summed E-state index contributed by atoms with van der Waals surface area (Å²) in [6, 6.07) is 11.6. The Hall–Kier alpha value is -1.39. The number of benzene rings is 1. The number of hydrogen-bond donors (Lipinski definition) is 0. The second kappa shape index (κ2) is 11.0. The predicted molar refractivity (Wildman–Crippen MR) is 116 cm³/mol. The van der Waals surface area contributed by atoms with Crippen molar-refractivity contribution in [1.82, 2.24) is 14.7 Å². The molecule has 0 aromatic heterocycles. The molecule has 0 spiro atoms. The van der Waals surface area contributed by atoms with E-state index in [2.05, 4.69) is 54.0 Å². The molecule has 0 bridgehead atoms. The first-order valence-corrected chi connectivity index (χ1v) is 11.5. The van der Waals surface area contributed by atoms with E-state index in [1.54, 1.807) is 0 Å². The van der Waals surface area contributed by atoms with Crippen molar-refractivity contribution in [2.24, 2.45) is 5.92 Å². The molecule has 3 rings (SSSR count). The van der Waals surface area contributed by atoms with Crippen molar-refractivity contribution in [3.05, 3.63) is 35.9 Å². The molecule has 0 radical (unpaired) electrons. The first-order valence-electron chi connectivity index (χ1n) is 11.5. The first kappa shape index (κ1) is 21.3. The Labute approximate surface area is 171 Å². The Bertz CT molecular complexity index is 571. The van der Waals surface area contributed by atoms with Gasteiger partial charge in [-0.2, -0.15) is 0 Å². The van der Waals surface area contributed by atoms with E-state index < -0.39 is 0 Å². The molecule has 156 valence electrons. The molecule has 0 unspecified atom stereocenters. The summed E-state index contributed by atoms with van der Waals surface area (Å²) in [6.07, 6.45) is 7.13. The number of aryl methyl sites for hydroxylation is 1. The van der Waals surface area contributed by atoms with Gasteiger partial charge in [0.25, 0.3) is 0 Å². The third kappa shape index (κ3) is 5.81. The van der Waals surface area contributed by atoms with Crippen LogP contribution in [0, 0.1) is 5.92 Å². The maximum absolute atomic E-state index is 12.6. The minimum atomic E-state index is 0.259. The van der Waals surface area contributed by atoms with Crippen molar-refractivity contribution in [3.8, 4) is 0 Å². The van der Waals surface area contributed by atoms with Crippen molar-refractivity contribution in [1.29, 1.82) is 0 Å². The number of hydrogen-bond acceptors (Lipinski definition) is 3. The van der Waals surface area contributed by atoms with Gasteiger partial charge in [-0.3, -0.25) is 4.79 Å². The zero-order valence-corrected chi connectivity index (χ0v) is 18.0. The molecular formula is C24H39N3O. The second-order valence-corrected chi connectivity index (χ2v) is 8.48. The van der Waals surface area contributed by atoms with Crippen molar-refractivity contribution >= 4 is 5.91 Å². The summed E-state index contributed by atoms with van der Waals surface area (Å²) in [5.41, 5.74) is 1.46. The van der Waals surface area contributed by atoms with Gasteiger partial charge in [0.15, 0.2) is 0 Å². The SMILES string of the molecule is CCN(CC)C(=O)C1CCN(C2CCN(CCCc3ccccc3)CC2)CC1. The summed E-state index contributed by atoms with van der Waals surface area (Å²) in [5, 5.41) is 0. The maximum atomic E-state index is 12.6. The van der Waals surface area contributed by atoms with Gasteiger partial charge in [-0.1, -0.05) is 30.3 Å². The number of nitrogens with zero attached hydrogens (tertiary/aromatic N) is 3. The lowest BCUT2D eigenvalue weighted by Gasteiger charge is -2.42. The number of rotatable bonds is 8. The molecule has 1 amide bonds. The Morgan fingerprint density at radius 2 is 1.61 bits per heavy atom. The van der Waals surface area contributed by atoms with Crippen LogP contribution in [0.3, 0.4) is 0 Å². The number of carbonyl (C=O) groups is 1. The Kier molecular flexibility index (Phi) is 8.35. The zero-order chi connectivity index (χ0) is 19.8. The monoisotopic (exact) mass is 385 g/mol. The number of likely N-dealkylation sites (tertiary alicyclic amines) is 2. The van der Waals surface area contributed by atoms with Crippen LogP contribution < -0.4 is 0 Å². The van der Waals surface area contributed by atoms with Crippen LogP contribution in [-0.4, -0.2) is 72.5 Å². The van der Waals surface area contributed by atoms with E-state index in [0.717, 1.165) is 45.1 Å². The minimum Gasteiger partial charge on any atom is -0.343 e. The normalized spacial score (nSPS) is 20.4. The van der Waals surface area contributed by atoms with Gasteiger partial charge in [-0.05, 0) is 90.7 Å². The van der Waals surface area contributed by atoms with Crippen molar-refractivity contribution in [2.75, 3.05) is 45.8 Å². The quantitative estimate of drug-likeness (QED) is 0.683. The molecule has 0 aliphatic carbocycles. The van der Waals surface area contributed by atoms with Crippen LogP contribution in [0.1, 0.15) is 51.5 Å². The third-order valence-electron chi connectivity index (χ3n) is 6.81. The second-order valence-electron chi connectivity index (χ2n) is 8.48. The van der Waals surface area contributed by atoms with Crippen LogP contribution in [0.2, 0.25) is 0 Å². The molecule has 2 aliphatic heterocycles. The molecule has 1 aromatic carbocycles. The molecule has 2 aliphatic rings. The molecule has 2 heterocycles. The van der Waals surface area contributed by atoms with E-state index >= 15 is 0 Å². The van der Waals surface area contributed by atoms with Gasteiger partial charge in [-0.25, -0.2) is 0 Å². The summed E-state index contributed by atoms with van der Waals surface area (Å²) in [7, 11) is 0. The van der Waals surface area contributed by atoms with Crippen LogP contribution in [0.25, 0.3) is 0 Å². The van der Waals surface area contributed by atoms with Gasteiger partial charge in [0.1, 0.15) is 0 Å². The molecule has 1 aromatic rings. The molecule has 0 N–H and O–H groups in total. The fourth-order valence-electron chi connectivity index (χ4n) is 4.96. The molecule has 0 atom stereocenters. The van der Waals surface area contributed by atoms with Crippen molar-refractivity contribution < 1.29 is 4.79 Å². The fraction of sp³-hybridized carbons (Fsp3) is 0.708. The fourth-order valence-corrected chi connectivity index (χ4v) is 4.96. The van der Waals surface area contributed by atoms with E-state index in [0.29, 0.717) is 5.91 Å². The van der Waals surface area contributed by atoms with Crippen molar-refractivity contribution in [2.45, 2.75) is 58.4 Å². The standard InChI is InChI=1S/C24H39N3O/c1-3-26(4-2)24(28)22-12-19-27(20-13-22)23-14-17-25(18-15-23)16-8-11-21-9-6-5-7-10-21/h5-7,9-10,22-23H,3-4,8,11-20H2,1-2H3. The minimum absolute atomic E-state index is 0.259. The summed E-state index contributed by atoms with van der Waals surface area (Å²) in [5.74, 6) is 0.645. The van der Waals surface area contributed by atoms with E-state index in [-0.39, 0.29) is 5.92 Å². The van der Waals surface area contributed by atoms with E-state index in [4.69, 9.17) is 0 Å². The highest BCUT2D eigenvalue weighted by atomic mass is 16.2. The molecule has 2 fully saturated rings. The summed E-state index contributed by atoms with van der Waals surface area (Å²) >= 11 is 0. The van der Waals surface area contributed by atoms with Crippen LogP contribution in [0.4, 0.5) is 0 Å². The van der Waals surface area contributed by atoms with Crippen LogP contribution in [-0.2, 0) is 11.2 Å². The van der Waals surface area contributed by atoms with Crippen molar-refractivity contribution in [3.63, 3.8) is 0 Å². The third-order valence-corrected chi connectivity index (χ3v) is 6.81. The smallest absolute Gasteiger partial charge is 0.225 e. The van der Waals surface area contributed by atoms with E-state index in [1.165, 1.54) is 50.9 Å². The highest BCUT2D eigenvalue weighted by Gasteiger charge is 2.31. The molecule has 0 saturated carbocycles. The largest absolute Gasteiger partial charge is 0.343 e. The Morgan fingerprint density at radius 1 is 0.964 bits per heavy atom. The molecule has 28 heavy (non-hydrogen) atoms. The summed E-state index contributed by atoms with van der Waals surface area (Å²) < 4.78 is 0. The highest BCUT2D eigenvalue weighted by molar-refractivity contribution is 5.78. The highest BCUT2D eigenvalue weighted by Crippen LogP contribution is 2.25. The molecule has 4 nitrogen and oxygen atoms in total. The molecular weight excluding hydrogens is 346 g/mol. The average molecular weight is 386 g/mol. The number of amides is 1. The van der Waals surface area contributed by atoms with Gasteiger partial charge in [0.2, 0.25) is 5.91 Å². The Morgan fingerprint density at radius 3 is 2.21 bits per heavy atom. The topological polar surface area (TPSA) is 26.8 Å². The number of carbonyl (C=O) groups excluding carboxylic acids is 1. The van der Waals surface area contributed by atoms with Gasteiger partial charge in [0.05, 0.1) is 0 Å². The zero-order valence-electron chi connectivity index (χ0n) is 18.0. The van der Waals surface area contributed by atoms with Crippen LogP contribution in [0.5, 0.6) is 0 Å². The van der Waals surface area contributed by atoms with Gasteiger partial charge in [0, 0.05) is 25.0 Å². The van der Waals surface area contributed by atoms with Crippen LogP contribution >= 0.6 is 0 Å². The van der Waals surface area contributed by atoms with Gasteiger partial charge < -0.3 is 14.7 Å². The van der Waals surface area contributed by atoms with E-state index in [9.17, 15) is 4.79 Å². The van der Waals surface area contributed by atoms with E-state index in [1.807, 2.05) is 4.90 Å². The lowest BCUT2D eigenvalue weighted by molar-refractivity contribution is -0.137. The molecule has 2 saturated heterocycles. The predicted octanol–water partition coefficient (Wildman–Crippen LogP) is 3.66. The summed E-state index contributed by atoms with van der Waals surface area (Å²) in [6.45, 7) is 11.8. The first-order chi connectivity index (χ1) is 13.7. The average Bonchev–Trinajstić information content (AvgIpc) is 2.76. The lowest BCUT2D eigenvalue weighted by atomic mass is 9.92. The summed E-state index contributed by atoms with van der Waals surface area (Å²) in [4.78, 5) is 19.9. The van der Waals surface area contributed by atoms with Gasteiger partial charge in [-0.15, -0.1) is 0 Å². The Balaban J connectivity index is 1.34.